The Morgan fingerprint density at radius 1 is 0.802 bits per heavy atom. The van der Waals surface area contributed by atoms with Gasteiger partial charge in [0.1, 0.15) is 22.9 Å². The first-order chi connectivity index (χ1) is 39.0. The molecule has 426 valence electrons. The molecule has 4 N–H and O–H groups in total. The molecule has 4 aromatic carbocycles. The minimum absolute atomic E-state index is 0.000863. The van der Waals surface area contributed by atoms with Gasteiger partial charge in [-0.1, -0.05) is 31.2 Å². The van der Waals surface area contributed by atoms with Crippen molar-refractivity contribution in [3.05, 3.63) is 108 Å². The number of nitrogens with zero attached hydrogens (tertiary/aromatic N) is 11. The molecule has 0 spiro atoms. The molecule has 0 atom stereocenters. The number of rotatable bonds is 16. The van der Waals surface area contributed by atoms with Gasteiger partial charge in [0, 0.05) is 107 Å². The van der Waals surface area contributed by atoms with Crippen molar-refractivity contribution in [2.75, 3.05) is 98.2 Å². The molecule has 0 unspecified atom stereocenters. The summed E-state index contributed by atoms with van der Waals surface area (Å²) in [5.41, 5.74) is 4.82. The van der Waals surface area contributed by atoms with Crippen LogP contribution in [0.4, 0.5) is 34.5 Å². The van der Waals surface area contributed by atoms with Crippen LogP contribution in [0.2, 0.25) is 0 Å². The standard InChI is InChI=1S/C59H71N13O8S/c1-6-40-32-45(50(74)34-49(40)73)52-64-65-54(55(75)63-59(3)22-23-59)71(52)42-14-12-38(13-15-42)36-67-28-30-68(31-29-67)37-39-18-24-70(25-19-39)56(76)41-20-26-69(27-21-41)43-16-17-46(51(33-43)80-7-2)61-58-60-35-48-53(62-58)72(81(5,78)79)47-11-9-8-10-44(47)57(77)66(48)4/h8-17,32-35,39,41,73-74H,6-7,18-31,36-37H2,1-5H3,(H,63,75)(H,60,61,62). The van der Waals surface area contributed by atoms with Crippen LogP contribution in [0.5, 0.6) is 17.2 Å². The first-order valence-corrected chi connectivity index (χ1v) is 30.0. The van der Waals surface area contributed by atoms with Gasteiger partial charge in [-0.15, -0.1) is 10.2 Å². The Hall–Kier alpha value is -7.82. The Morgan fingerprint density at radius 2 is 1.51 bits per heavy atom. The summed E-state index contributed by atoms with van der Waals surface area (Å²) in [7, 11) is -2.36. The average molecular weight is 1120 g/mol. The summed E-state index contributed by atoms with van der Waals surface area (Å²) in [6, 6.07) is 23.5. The Balaban J connectivity index is 0.650. The predicted molar refractivity (Wildman–Crippen MR) is 310 cm³/mol. The maximum atomic E-state index is 14.0. The number of sulfonamides is 1. The van der Waals surface area contributed by atoms with Crippen molar-refractivity contribution in [3.63, 3.8) is 0 Å². The fraction of sp³-hybridized carbons (Fsp3) is 0.441. The van der Waals surface area contributed by atoms with Gasteiger partial charge >= 0.3 is 0 Å². The van der Waals surface area contributed by atoms with Gasteiger partial charge in [-0.25, -0.2) is 17.7 Å². The normalized spacial score (nSPS) is 18.1. The van der Waals surface area contributed by atoms with E-state index in [1.807, 2.05) is 51.1 Å². The zero-order chi connectivity index (χ0) is 56.7. The van der Waals surface area contributed by atoms with Crippen molar-refractivity contribution < 1.29 is 37.8 Å². The number of amides is 3. The Morgan fingerprint density at radius 3 is 2.20 bits per heavy atom. The molecule has 6 heterocycles. The predicted octanol–water partition coefficient (Wildman–Crippen LogP) is 7.08. The summed E-state index contributed by atoms with van der Waals surface area (Å²) in [5.74, 6) is 1.09. The molecule has 0 bridgehead atoms. The molecule has 3 saturated heterocycles. The molecule has 0 radical (unpaired) electrons. The largest absolute Gasteiger partial charge is 0.508 e. The van der Waals surface area contributed by atoms with Gasteiger partial charge in [0.25, 0.3) is 11.8 Å². The number of carbonyl (C=O) groups is 3. The number of fused-ring (bicyclic) bond motifs is 2. The summed E-state index contributed by atoms with van der Waals surface area (Å²) >= 11 is 0. The van der Waals surface area contributed by atoms with E-state index in [1.165, 1.54) is 17.2 Å². The van der Waals surface area contributed by atoms with Gasteiger partial charge in [-0.05, 0) is 118 Å². The highest BCUT2D eigenvalue weighted by Crippen LogP contribution is 2.43. The number of carbonyl (C=O) groups excluding carboxylic acids is 3. The average Bonchev–Trinajstić information content (AvgIpc) is 4.05. The number of likely N-dealkylation sites (tertiary alicyclic amines) is 1. The first kappa shape index (κ1) is 55.1. The lowest BCUT2D eigenvalue weighted by Crippen LogP contribution is -2.49. The van der Waals surface area contributed by atoms with Gasteiger partial charge in [0.2, 0.25) is 27.7 Å². The lowest BCUT2D eigenvalue weighted by molar-refractivity contribution is -0.137. The van der Waals surface area contributed by atoms with Crippen molar-refractivity contribution in [1.82, 2.24) is 44.7 Å². The van der Waals surface area contributed by atoms with E-state index in [4.69, 9.17) is 4.74 Å². The fourth-order valence-electron chi connectivity index (χ4n) is 11.7. The Labute approximate surface area is 472 Å². The van der Waals surface area contributed by atoms with Crippen molar-refractivity contribution in [2.24, 2.45) is 11.8 Å². The van der Waals surface area contributed by atoms with E-state index in [2.05, 4.69) is 62.5 Å². The number of piperazine rings is 1. The lowest BCUT2D eigenvalue weighted by Gasteiger charge is -2.40. The van der Waals surface area contributed by atoms with E-state index < -0.39 is 10.0 Å². The molecular weight excluding hydrogens is 1050 g/mol. The topological polar surface area (TPSA) is 235 Å². The molecule has 22 heteroatoms. The lowest BCUT2D eigenvalue weighted by atomic mass is 9.91. The zero-order valence-electron chi connectivity index (χ0n) is 46.6. The molecular formula is C59H71N13O8S. The highest BCUT2D eigenvalue weighted by molar-refractivity contribution is 7.92. The molecule has 11 rings (SSSR count). The minimum atomic E-state index is -3.93. The van der Waals surface area contributed by atoms with E-state index in [0.29, 0.717) is 53.0 Å². The molecule has 1 saturated carbocycles. The maximum Gasteiger partial charge on any atom is 0.290 e. The number of phenolic OH excluding ortho intramolecular Hbond substituents is 2. The van der Waals surface area contributed by atoms with Crippen LogP contribution in [0, 0.1) is 11.8 Å². The number of anilines is 6. The highest BCUT2D eigenvalue weighted by atomic mass is 32.2. The zero-order valence-corrected chi connectivity index (χ0v) is 47.5. The molecule has 3 amide bonds. The minimum Gasteiger partial charge on any atom is -0.508 e. The van der Waals surface area contributed by atoms with Crippen LogP contribution in [-0.2, 0) is 27.8 Å². The van der Waals surface area contributed by atoms with Crippen LogP contribution >= 0.6 is 0 Å². The Kier molecular flexibility index (Phi) is 15.4. The second kappa shape index (κ2) is 22.6. The molecule has 21 nitrogen and oxygen atoms in total. The van der Waals surface area contributed by atoms with E-state index in [-0.39, 0.29) is 75.2 Å². The first-order valence-electron chi connectivity index (χ1n) is 28.2. The van der Waals surface area contributed by atoms with Crippen molar-refractivity contribution >= 4 is 62.3 Å². The maximum absolute atomic E-state index is 14.0. The molecule has 2 aromatic heterocycles. The summed E-state index contributed by atoms with van der Waals surface area (Å²) in [4.78, 5) is 60.9. The number of aromatic nitrogens is 5. The number of para-hydroxylation sites is 1. The summed E-state index contributed by atoms with van der Waals surface area (Å²) in [6.07, 6.45) is 8.36. The van der Waals surface area contributed by atoms with Gasteiger partial charge in [-0.3, -0.25) is 23.9 Å². The third kappa shape index (κ3) is 11.6. The van der Waals surface area contributed by atoms with Gasteiger partial charge in [0.15, 0.2) is 11.6 Å². The van der Waals surface area contributed by atoms with Crippen LogP contribution in [-0.4, -0.2) is 160 Å². The monoisotopic (exact) mass is 1120 g/mol. The summed E-state index contributed by atoms with van der Waals surface area (Å²) in [6.45, 7) is 14.9. The smallest absolute Gasteiger partial charge is 0.290 e. The Bertz CT molecular complexity index is 3460. The van der Waals surface area contributed by atoms with Crippen LogP contribution < -0.4 is 29.5 Å². The van der Waals surface area contributed by atoms with Crippen molar-refractivity contribution in [1.29, 1.82) is 0 Å². The van der Waals surface area contributed by atoms with E-state index in [0.717, 1.165) is 126 Å². The van der Waals surface area contributed by atoms with Crippen LogP contribution in [0.3, 0.4) is 0 Å². The summed E-state index contributed by atoms with van der Waals surface area (Å²) < 4.78 is 35.4. The fourth-order valence-corrected chi connectivity index (χ4v) is 12.6. The van der Waals surface area contributed by atoms with Gasteiger partial charge in [-0.2, -0.15) is 4.98 Å². The number of aryl methyl sites for hydroxylation is 1. The number of piperidine rings is 2. The number of hydrogen-bond acceptors (Lipinski definition) is 16. The summed E-state index contributed by atoms with van der Waals surface area (Å²) in [5, 5.41) is 36.4. The van der Waals surface area contributed by atoms with E-state index in [1.54, 1.807) is 41.9 Å². The second-order valence-electron chi connectivity index (χ2n) is 22.4. The molecule has 4 aliphatic heterocycles. The molecule has 4 fully saturated rings. The number of phenols is 2. The second-order valence-corrected chi connectivity index (χ2v) is 24.2. The van der Waals surface area contributed by atoms with Crippen LogP contribution in [0.25, 0.3) is 17.1 Å². The third-order valence-electron chi connectivity index (χ3n) is 16.6. The quantitative estimate of drug-likeness (QED) is 0.0758. The number of nitrogens with one attached hydrogen (secondary N) is 2. The van der Waals surface area contributed by atoms with Crippen molar-refractivity contribution in [3.8, 4) is 34.3 Å². The van der Waals surface area contributed by atoms with Crippen LogP contribution in [0.1, 0.15) is 91.4 Å². The third-order valence-corrected chi connectivity index (χ3v) is 17.7. The van der Waals surface area contributed by atoms with Crippen LogP contribution in [0.15, 0.2) is 85.1 Å². The number of benzene rings is 4. The van der Waals surface area contributed by atoms with Gasteiger partial charge < -0.3 is 45.2 Å². The number of hydrogen-bond donors (Lipinski definition) is 4. The van der Waals surface area contributed by atoms with E-state index >= 15 is 0 Å². The van der Waals surface area contributed by atoms with E-state index in [9.17, 15) is 33.0 Å². The molecule has 81 heavy (non-hydrogen) atoms. The molecule has 5 aliphatic rings. The number of ether oxygens (including phenoxy) is 1. The molecule has 6 aromatic rings. The molecule has 1 aliphatic carbocycles. The highest BCUT2D eigenvalue weighted by Gasteiger charge is 2.41. The van der Waals surface area contributed by atoms with Crippen molar-refractivity contribution in [2.45, 2.75) is 77.8 Å². The SMILES string of the molecule is CCOc1cc(N2CCC(C(=O)N3CCC(CN4CCN(Cc5ccc(-n6c(C(=O)NC7(C)CC7)nnc6-c6cc(CC)c(O)cc6O)cc5)CC4)CC3)CC2)ccc1Nc1ncc2c(n1)N(S(C)(=O)=O)c1ccccc1C(=O)N2C. The number of aromatic hydroxyl groups is 2. The van der Waals surface area contributed by atoms with Gasteiger partial charge in [0.05, 0.1) is 41.6 Å².